The maximum atomic E-state index is 12.0. The van der Waals surface area contributed by atoms with Crippen LogP contribution in [0.25, 0.3) is 11.3 Å². The van der Waals surface area contributed by atoms with E-state index in [0.717, 1.165) is 24.9 Å². The summed E-state index contributed by atoms with van der Waals surface area (Å²) in [5.74, 6) is 0.469. The lowest BCUT2D eigenvalue weighted by Crippen LogP contribution is -2.44. The second-order valence-corrected chi connectivity index (χ2v) is 6.37. The van der Waals surface area contributed by atoms with E-state index in [1.807, 2.05) is 23.1 Å². The van der Waals surface area contributed by atoms with Gasteiger partial charge in [-0.1, -0.05) is 35.0 Å². The van der Waals surface area contributed by atoms with Crippen molar-refractivity contribution in [3.8, 4) is 11.3 Å². The van der Waals surface area contributed by atoms with Crippen molar-refractivity contribution in [2.75, 3.05) is 19.6 Å². The van der Waals surface area contributed by atoms with Gasteiger partial charge in [0, 0.05) is 18.2 Å². The number of aromatic nitrogens is 1. The Kier molecular flexibility index (Phi) is 5.50. The molecule has 3 rings (SSSR count). The Hall–Kier alpha value is -1.89. The quantitative estimate of drug-likeness (QED) is 0.864. The second-order valence-electron chi connectivity index (χ2n) is 5.97. The zero-order valence-electron chi connectivity index (χ0n) is 13.2. The fraction of sp³-hybridized carbons (Fsp3) is 0.412. The van der Waals surface area contributed by atoms with Crippen molar-refractivity contribution in [2.45, 2.75) is 25.5 Å². The van der Waals surface area contributed by atoms with Crippen LogP contribution in [0.3, 0.4) is 0 Å². The largest absolute Gasteiger partial charge is 0.392 e. The molecule has 0 saturated carbocycles. The summed E-state index contributed by atoms with van der Waals surface area (Å²) < 4.78 is 5.25. The number of nitrogens with one attached hydrogen (secondary N) is 1. The highest BCUT2D eigenvalue weighted by atomic mass is 35.5. The van der Waals surface area contributed by atoms with E-state index in [9.17, 15) is 9.90 Å². The molecule has 128 valence electrons. The molecule has 1 atom stereocenters. The van der Waals surface area contributed by atoms with E-state index in [1.54, 1.807) is 12.1 Å². The lowest BCUT2D eigenvalue weighted by atomic mass is 10.1. The van der Waals surface area contributed by atoms with Gasteiger partial charge < -0.3 is 14.9 Å². The topological polar surface area (TPSA) is 78.6 Å². The van der Waals surface area contributed by atoms with E-state index < -0.39 is 0 Å². The Labute approximate surface area is 145 Å². The van der Waals surface area contributed by atoms with Crippen molar-refractivity contribution in [3.05, 3.63) is 41.1 Å². The minimum absolute atomic E-state index is 0.0974. The van der Waals surface area contributed by atoms with Gasteiger partial charge in [-0.25, -0.2) is 0 Å². The van der Waals surface area contributed by atoms with E-state index in [4.69, 9.17) is 16.1 Å². The summed E-state index contributed by atoms with van der Waals surface area (Å²) in [5, 5.41) is 17.0. The molecule has 0 unspecified atom stereocenters. The van der Waals surface area contributed by atoms with Crippen molar-refractivity contribution >= 4 is 17.5 Å². The number of aliphatic hydroxyl groups excluding tert-OH is 1. The van der Waals surface area contributed by atoms with Crippen LogP contribution in [0.15, 0.2) is 34.9 Å². The van der Waals surface area contributed by atoms with Crippen molar-refractivity contribution in [1.82, 2.24) is 15.4 Å². The smallest absolute Gasteiger partial charge is 0.234 e. The van der Waals surface area contributed by atoms with E-state index in [0.29, 0.717) is 23.0 Å². The number of β-amino-alcohol motifs (C(OH)–C–C–N with tert-alkyl or cyclic N) is 1. The molecule has 1 amide bonds. The molecule has 24 heavy (non-hydrogen) atoms. The minimum atomic E-state index is -0.334. The minimum Gasteiger partial charge on any atom is -0.392 e. The standard InChI is InChI=1S/C17H20ClN3O3/c18-15-6-2-1-5-14(15)16-8-13(24-20-16)9-19-17(23)11-21-7-3-4-12(22)10-21/h1-2,5-6,8,12,22H,3-4,7,9-11H2,(H,19,23)/t12-/m1/s1. The van der Waals surface area contributed by atoms with Crippen LogP contribution in [-0.4, -0.2) is 46.8 Å². The molecule has 2 heterocycles. The van der Waals surface area contributed by atoms with Crippen LogP contribution < -0.4 is 5.32 Å². The number of carbonyl (C=O) groups excluding carboxylic acids is 1. The zero-order chi connectivity index (χ0) is 16.9. The molecule has 0 aliphatic carbocycles. The van der Waals surface area contributed by atoms with Gasteiger partial charge >= 0.3 is 0 Å². The first-order valence-corrected chi connectivity index (χ1v) is 8.37. The summed E-state index contributed by atoms with van der Waals surface area (Å²) in [6.45, 7) is 1.94. The van der Waals surface area contributed by atoms with Crippen molar-refractivity contribution in [1.29, 1.82) is 0 Å². The molecule has 0 radical (unpaired) electrons. The van der Waals surface area contributed by atoms with E-state index in [1.165, 1.54) is 0 Å². The molecule has 6 nitrogen and oxygen atoms in total. The average molecular weight is 350 g/mol. The van der Waals surface area contributed by atoms with Gasteiger partial charge in [0.15, 0.2) is 5.76 Å². The molecule has 1 aromatic heterocycles. The van der Waals surface area contributed by atoms with Gasteiger partial charge in [0.2, 0.25) is 5.91 Å². The summed E-state index contributed by atoms with van der Waals surface area (Å²) in [4.78, 5) is 14.0. The first-order chi connectivity index (χ1) is 11.6. The van der Waals surface area contributed by atoms with E-state index >= 15 is 0 Å². The molecule has 0 spiro atoms. The Balaban J connectivity index is 1.52. The fourth-order valence-electron chi connectivity index (χ4n) is 2.81. The number of carbonyl (C=O) groups is 1. The Bertz CT molecular complexity index is 704. The van der Waals surface area contributed by atoms with Crippen LogP contribution in [-0.2, 0) is 11.3 Å². The third kappa shape index (κ3) is 4.35. The molecular formula is C17H20ClN3O3. The van der Waals surface area contributed by atoms with Crippen LogP contribution in [0.2, 0.25) is 5.02 Å². The maximum Gasteiger partial charge on any atom is 0.234 e. The zero-order valence-corrected chi connectivity index (χ0v) is 14.0. The SMILES string of the molecule is O=C(CN1CCC[C@@H](O)C1)NCc1cc(-c2ccccc2Cl)no1. The van der Waals surface area contributed by atoms with Crippen LogP contribution >= 0.6 is 11.6 Å². The van der Waals surface area contributed by atoms with Crippen molar-refractivity contribution in [3.63, 3.8) is 0 Å². The predicted octanol–water partition coefficient (Wildman–Crippen LogP) is 2.07. The number of aliphatic hydroxyl groups is 1. The molecule has 2 N–H and O–H groups in total. The fourth-order valence-corrected chi connectivity index (χ4v) is 3.04. The van der Waals surface area contributed by atoms with Crippen molar-refractivity contribution in [2.24, 2.45) is 0 Å². The third-order valence-electron chi connectivity index (χ3n) is 4.02. The van der Waals surface area contributed by atoms with Crippen LogP contribution in [0, 0.1) is 0 Å². The number of likely N-dealkylation sites (tertiary alicyclic amines) is 1. The van der Waals surface area contributed by atoms with E-state index in [-0.39, 0.29) is 25.1 Å². The number of amides is 1. The lowest BCUT2D eigenvalue weighted by molar-refractivity contribution is -0.123. The number of nitrogens with zero attached hydrogens (tertiary/aromatic N) is 2. The Morgan fingerprint density at radius 2 is 2.29 bits per heavy atom. The summed E-state index contributed by atoms with van der Waals surface area (Å²) in [5.41, 5.74) is 1.44. The first kappa shape index (κ1) is 17.0. The second kappa shape index (κ2) is 7.79. The molecule has 1 fully saturated rings. The molecule has 2 aromatic rings. The first-order valence-electron chi connectivity index (χ1n) is 7.99. The van der Waals surface area contributed by atoms with Crippen LogP contribution in [0.4, 0.5) is 0 Å². The lowest BCUT2D eigenvalue weighted by Gasteiger charge is -2.29. The van der Waals surface area contributed by atoms with E-state index in [2.05, 4.69) is 10.5 Å². The van der Waals surface area contributed by atoms with Crippen molar-refractivity contribution < 1.29 is 14.4 Å². The maximum absolute atomic E-state index is 12.0. The monoisotopic (exact) mass is 349 g/mol. The number of hydrogen-bond donors (Lipinski definition) is 2. The average Bonchev–Trinajstić information content (AvgIpc) is 3.02. The Morgan fingerprint density at radius 1 is 1.46 bits per heavy atom. The molecule has 1 aliphatic rings. The number of piperidine rings is 1. The highest BCUT2D eigenvalue weighted by molar-refractivity contribution is 6.33. The van der Waals surface area contributed by atoms with Crippen LogP contribution in [0.1, 0.15) is 18.6 Å². The summed E-state index contributed by atoms with van der Waals surface area (Å²) in [6, 6.07) is 9.16. The van der Waals surface area contributed by atoms with Gasteiger partial charge in [0.05, 0.1) is 24.2 Å². The molecule has 1 aliphatic heterocycles. The number of halogens is 1. The normalized spacial score (nSPS) is 18.5. The van der Waals surface area contributed by atoms with Gasteiger partial charge in [0.25, 0.3) is 0 Å². The van der Waals surface area contributed by atoms with Gasteiger partial charge in [0.1, 0.15) is 5.69 Å². The number of hydrogen-bond acceptors (Lipinski definition) is 5. The highest BCUT2D eigenvalue weighted by Gasteiger charge is 2.19. The van der Waals surface area contributed by atoms with Gasteiger partial charge in [-0.3, -0.25) is 9.69 Å². The summed E-state index contributed by atoms with van der Waals surface area (Å²) >= 11 is 6.14. The molecule has 1 saturated heterocycles. The predicted molar refractivity (Wildman–Crippen MR) is 90.5 cm³/mol. The molecule has 0 bridgehead atoms. The number of benzene rings is 1. The summed E-state index contributed by atoms with van der Waals surface area (Å²) in [6.07, 6.45) is 1.39. The van der Waals surface area contributed by atoms with Gasteiger partial charge in [-0.15, -0.1) is 0 Å². The van der Waals surface area contributed by atoms with Gasteiger partial charge in [-0.2, -0.15) is 0 Å². The molecular weight excluding hydrogens is 330 g/mol. The Morgan fingerprint density at radius 3 is 3.08 bits per heavy atom. The highest BCUT2D eigenvalue weighted by Crippen LogP contribution is 2.26. The molecule has 1 aromatic carbocycles. The third-order valence-corrected chi connectivity index (χ3v) is 4.35. The molecule has 7 heteroatoms. The van der Waals surface area contributed by atoms with Crippen LogP contribution in [0.5, 0.6) is 0 Å². The summed E-state index contributed by atoms with van der Waals surface area (Å²) in [7, 11) is 0. The number of rotatable bonds is 5. The van der Waals surface area contributed by atoms with Gasteiger partial charge in [-0.05, 0) is 25.5 Å².